The molecule has 5 atom stereocenters. The van der Waals surface area contributed by atoms with Crippen LogP contribution in [0.4, 0.5) is 0 Å². The van der Waals surface area contributed by atoms with Gasteiger partial charge in [0.15, 0.2) is 0 Å². The normalized spacial score (nSPS) is 27.6. The van der Waals surface area contributed by atoms with Crippen molar-refractivity contribution in [2.45, 2.75) is 52.1 Å². The summed E-state index contributed by atoms with van der Waals surface area (Å²) in [7, 11) is 1.33. The Labute approximate surface area is 165 Å². The number of nitro groups is 1. The molecule has 0 N–H and O–H groups in total. The lowest BCUT2D eigenvalue weighted by molar-refractivity contribution is -0.490. The molecule has 0 aromatic heterocycles. The molecule has 28 heavy (non-hydrogen) atoms. The summed E-state index contributed by atoms with van der Waals surface area (Å²) in [6.45, 7) is 5.93. The predicted molar refractivity (Wildman–Crippen MR) is 103 cm³/mol. The maximum absolute atomic E-state index is 12.8. The van der Waals surface area contributed by atoms with Crippen LogP contribution in [0, 0.1) is 41.7 Å². The van der Waals surface area contributed by atoms with Crippen molar-refractivity contribution in [3.8, 4) is 0 Å². The Morgan fingerprint density at radius 2 is 2.07 bits per heavy atom. The second-order valence-electron chi connectivity index (χ2n) is 8.29. The van der Waals surface area contributed by atoms with Crippen LogP contribution in [0.5, 0.6) is 0 Å². The molecule has 0 bridgehead atoms. The van der Waals surface area contributed by atoms with Crippen LogP contribution in [0.1, 0.15) is 36.5 Å². The van der Waals surface area contributed by atoms with Crippen molar-refractivity contribution in [2.24, 2.45) is 17.8 Å². The number of benzene rings is 1. The van der Waals surface area contributed by atoms with E-state index >= 15 is 0 Å². The number of hydrogen-bond acceptors (Lipinski definition) is 5. The van der Waals surface area contributed by atoms with Crippen molar-refractivity contribution >= 4 is 11.9 Å². The van der Waals surface area contributed by atoms with E-state index in [2.05, 4.69) is 0 Å². The molecular formula is C21H28N2O5. The molecule has 2 fully saturated rings. The molecule has 1 amide bonds. The van der Waals surface area contributed by atoms with Crippen LogP contribution in [0.2, 0.25) is 0 Å². The number of carbonyl (C=O) groups excluding carboxylic acids is 2. The molecule has 1 aliphatic carbocycles. The van der Waals surface area contributed by atoms with Gasteiger partial charge in [-0.1, -0.05) is 25.1 Å². The van der Waals surface area contributed by atoms with E-state index in [0.717, 1.165) is 11.1 Å². The number of amides is 1. The molecule has 1 aromatic rings. The summed E-state index contributed by atoms with van der Waals surface area (Å²) in [5.74, 6) is -0.586. The van der Waals surface area contributed by atoms with Gasteiger partial charge in [0.05, 0.1) is 7.11 Å². The zero-order valence-electron chi connectivity index (χ0n) is 16.9. The van der Waals surface area contributed by atoms with Gasteiger partial charge in [0.25, 0.3) is 0 Å². The molecule has 0 spiro atoms. The molecule has 7 heteroatoms. The molecule has 2 unspecified atom stereocenters. The number of likely N-dealkylation sites (tertiary alicyclic amines) is 1. The fourth-order valence-corrected chi connectivity index (χ4v) is 5.01. The monoisotopic (exact) mass is 388 g/mol. The first-order valence-corrected chi connectivity index (χ1v) is 9.79. The van der Waals surface area contributed by atoms with E-state index in [-0.39, 0.29) is 47.6 Å². The highest BCUT2D eigenvalue weighted by Crippen LogP contribution is 2.47. The standard InChI is InChI=1S/C21H28N2O5/c1-12-5-6-15(7-13(12)2)9-19(21(25)28-4)23-18-8-14(3)17(11-22(26)27)16(18)10-20(23)24/h5-7,14,16-19H,8-11H2,1-4H3/t14-,16?,17+,18?,19-/m0/s1. The number of fused-ring (bicyclic) bond motifs is 1. The first-order valence-electron chi connectivity index (χ1n) is 9.79. The first kappa shape index (κ1) is 20.3. The van der Waals surface area contributed by atoms with E-state index in [9.17, 15) is 19.7 Å². The van der Waals surface area contributed by atoms with E-state index in [1.165, 1.54) is 12.7 Å². The van der Waals surface area contributed by atoms with Crippen LogP contribution in [0.15, 0.2) is 18.2 Å². The van der Waals surface area contributed by atoms with Crippen LogP contribution in [0.25, 0.3) is 0 Å². The van der Waals surface area contributed by atoms with Crippen LogP contribution in [0.3, 0.4) is 0 Å². The summed E-state index contributed by atoms with van der Waals surface area (Å²) in [5.41, 5.74) is 3.28. The van der Waals surface area contributed by atoms with Crippen LogP contribution in [-0.2, 0) is 20.7 Å². The molecule has 2 aliphatic rings. The average molecular weight is 388 g/mol. The quantitative estimate of drug-likeness (QED) is 0.424. The van der Waals surface area contributed by atoms with E-state index in [1.54, 1.807) is 4.90 Å². The molecule has 7 nitrogen and oxygen atoms in total. The molecule has 1 saturated heterocycles. The van der Waals surface area contributed by atoms with E-state index in [0.29, 0.717) is 12.8 Å². The first-order chi connectivity index (χ1) is 13.2. The third-order valence-corrected chi connectivity index (χ3v) is 6.61. The Kier molecular flexibility index (Phi) is 5.72. The van der Waals surface area contributed by atoms with Crippen molar-refractivity contribution < 1.29 is 19.2 Å². The minimum atomic E-state index is -0.698. The Morgan fingerprint density at radius 1 is 1.36 bits per heavy atom. The molecule has 1 aromatic carbocycles. The van der Waals surface area contributed by atoms with Crippen LogP contribution in [-0.4, -0.2) is 47.4 Å². The third-order valence-electron chi connectivity index (χ3n) is 6.61. The Hall–Kier alpha value is -2.44. The number of hydrogen-bond donors (Lipinski definition) is 0. The van der Waals surface area contributed by atoms with Gasteiger partial charge in [-0.25, -0.2) is 4.79 Å². The summed E-state index contributed by atoms with van der Waals surface area (Å²) < 4.78 is 5.02. The Balaban J connectivity index is 1.88. The highest BCUT2D eigenvalue weighted by molar-refractivity contribution is 5.87. The largest absolute Gasteiger partial charge is 0.467 e. The van der Waals surface area contributed by atoms with E-state index in [4.69, 9.17) is 4.74 Å². The van der Waals surface area contributed by atoms with E-state index in [1.807, 2.05) is 39.0 Å². The molecule has 1 aliphatic heterocycles. The molecule has 1 heterocycles. The van der Waals surface area contributed by atoms with Gasteiger partial charge in [-0.05, 0) is 48.8 Å². The summed E-state index contributed by atoms with van der Waals surface area (Å²) in [5, 5.41) is 11.1. The van der Waals surface area contributed by atoms with Gasteiger partial charge in [0.2, 0.25) is 12.5 Å². The maximum atomic E-state index is 12.8. The zero-order chi connectivity index (χ0) is 20.6. The van der Waals surface area contributed by atoms with E-state index < -0.39 is 12.0 Å². The fraction of sp³-hybridized carbons (Fsp3) is 0.619. The fourth-order valence-electron chi connectivity index (χ4n) is 5.01. The van der Waals surface area contributed by atoms with Crippen molar-refractivity contribution in [3.05, 3.63) is 45.0 Å². The second-order valence-corrected chi connectivity index (χ2v) is 8.29. The van der Waals surface area contributed by atoms with Crippen LogP contribution >= 0.6 is 0 Å². The Morgan fingerprint density at radius 3 is 2.68 bits per heavy atom. The van der Waals surface area contributed by atoms with Crippen LogP contribution < -0.4 is 0 Å². The van der Waals surface area contributed by atoms with Crippen molar-refractivity contribution in [2.75, 3.05) is 13.7 Å². The van der Waals surface area contributed by atoms with Crippen molar-refractivity contribution in [1.29, 1.82) is 0 Å². The SMILES string of the molecule is COC(=O)[C@H](Cc1ccc(C)c(C)c1)N1C(=O)CC2C1C[C@H](C)[C@H]2C[N+](=O)[O-]. The lowest BCUT2D eigenvalue weighted by Crippen LogP contribution is -2.48. The minimum absolute atomic E-state index is 0.0696. The molecular weight excluding hydrogens is 360 g/mol. The summed E-state index contributed by atoms with van der Waals surface area (Å²) in [4.78, 5) is 37.9. The van der Waals surface area contributed by atoms with Crippen molar-refractivity contribution in [3.63, 3.8) is 0 Å². The summed E-state index contributed by atoms with van der Waals surface area (Å²) >= 11 is 0. The van der Waals surface area contributed by atoms with Gasteiger partial charge in [-0.3, -0.25) is 14.9 Å². The lowest BCUT2D eigenvalue weighted by Gasteiger charge is -2.31. The number of aryl methyl sites for hydroxylation is 2. The third kappa shape index (κ3) is 3.75. The molecule has 152 valence electrons. The van der Waals surface area contributed by atoms with Gasteiger partial charge in [0.1, 0.15) is 6.04 Å². The van der Waals surface area contributed by atoms with Gasteiger partial charge in [-0.15, -0.1) is 0 Å². The number of esters is 1. The smallest absolute Gasteiger partial charge is 0.328 e. The number of carbonyl (C=O) groups is 2. The average Bonchev–Trinajstić information content (AvgIpc) is 3.09. The zero-order valence-corrected chi connectivity index (χ0v) is 16.9. The highest BCUT2D eigenvalue weighted by atomic mass is 16.6. The van der Waals surface area contributed by atoms with Gasteiger partial charge >= 0.3 is 5.97 Å². The minimum Gasteiger partial charge on any atom is -0.467 e. The number of methoxy groups -OCH3 is 1. The number of rotatable bonds is 6. The molecule has 0 radical (unpaired) electrons. The number of nitrogens with zero attached hydrogens (tertiary/aromatic N) is 2. The topological polar surface area (TPSA) is 89.8 Å². The highest BCUT2D eigenvalue weighted by Gasteiger charge is 2.55. The van der Waals surface area contributed by atoms with Gasteiger partial charge in [-0.2, -0.15) is 0 Å². The summed E-state index contributed by atoms with van der Waals surface area (Å²) in [6, 6.07) is 5.19. The lowest BCUT2D eigenvalue weighted by atomic mass is 9.89. The number of ether oxygens (including phenoxy) is 1. The van der Waals surface area contributed by atoms with Gasteiger partial charge in [0, 0.05) is 29.7 Å². The molecule has 3 rings (SSSR count). The Bertz CT molecular complexity index is 793. The summed E-state index contributed by atoms with van der Waals surface area (Å²) in [6.07, 6.45) is 1.35. The van der Waals surface area contributed by atoms with Crippen molar-refractivity contribution in [1.82, 2.24) is 4.90 Å². The second kappa shape index (κ2) is 7.89. The van der Waals surface area contributed by atoms with Gasteiger partial charge < -0.3 is 9.64 Å². The maximum Gasteiger partial charge on any atom is 0.328 e. The predicted octanol–water partition coefficient (Wildman–Crippen LogP) is 2.54. The molecule has 1 saturated carbocycles.